The molecular formula is C21H19N3O5S. The van der Waals surface area contributed by atoms with Crippen LogP contribution < -0.4 is 5.32 Å². The van der Waals surface area contributed by atoms with Gasteiger partial charge in [0.25, 0.3) is 11.1 Å². The maximum atomic E-state index is 11.7. The number of aromatic nitrogens is 1. The lowest BCUT2D eigenvalue weighted by atomic mass is 9.82. The highest BCUT2D eigenvalue weighted by Gasteiger charge is 2.27. The molecular weight excluding hydrogens is 406 g/mol. The smallest absolute Gasteiger partial charge is 0.311 e. The number of phenols is 1. The van der Waals surface area contributed by atoms with E-state index in [0.717, 1.165) is 43.9 Å². The molecule has 1 aliphatic carbocycles. The third-order valence-electron chi connectivity index (χ3n) is 5.38. The number of benzene rings is 1. The van der Waals surface area contributed by atoms with Crippen LogP contribution in [0.2, 0.25) is 0 Å². The highest BCUT2D eigenvalue weighted by molar-refractivity contribution is 8.18. The van der Waals surface area contributed by atoms with E-state index in [4.69, 9.17) is 0 Å². The third-order valence-corrected chi connectivity index (χ3v) is 6.19. The number of rotatable bonds is 4. The molecule has 1 saturated heterocycles. The molecule has 1 aromatic heterocycles. The molecule has 1 aromatic carbocycles. The quantitative estimate of drug-likeness (QED) is 0.412. The molecule has 1 saturated carbocycles. The van der Waals surface area contributed by atoms with E-state index in [1.165, 1.54) is 12.3 Å². The molecule has 0 atom stereocenters. The molecule has 0 radical (unpaired) electrons. The number of nitro groups is 1. The fourth-order valence-electron chi connectivity index (χ4n) is 3.89. The van der Waals surface area contributed by atoms with E-state index >= 15 is 0 Å². The number of pyridine rings is 1. The Kier molecular flexibility index (Phi) is 5.54. The summed E-state index contributed by atoms with van der Waals surface area (Å²) in [5.74, 6) is -0.608. The van der Waals surface area contributed by atoms with Gasteiger partial charge in [-0.2, -0.15) is 0 Å². The van der Waals surface area contributed by atoms with Gasteiger partial charge in [-0.25, -0.2) is 0 Å². The van der Waals surface area contributed by atoms with Crippen LogP contribution in [0.5, 0.6) is 5.75 Å². The minimum absolute atomic E-state index is 0.0943. The first-order valence-electron chi connectivity index (χ1n) is 9.65. The molecule has 2 aromatic rings. The summed E-state index contributed by atoms with van der Waals surface area (Å²) in [7, 11) is 0. The maximum absolute atomic E-state index is 11.7. The third kappa shape index (κ3) is 4.06. The molecule has 0 unspecified atom stereocenters. The topological polar surface area (TPSA) is 122 Å². The van der Waals surface area contributed by atoms with E-state index in [1.54, 1.807) is 24.3 Å². The Hall–Kier alpha value is -3.20. The lowest BCUT2D eigenvalue weighted by Crippen LogP contribution is -2.17. The summed E-state index contributed by atoms with van der Waals surface area (Å²) in [4.78, 5) is 38.5. The Labute approximate surface area is 176 Å². The fraction of sp³-hybridized carbons (Fsp3) is 0.286. The standard InChI is InChI=1S/C21H19N3O5S/c25-19-15(13-4-2-1-3-5-13)9-14(10-17(19)24(28)29)16-7-6-12(11-22-16)8-18-20(26)23-21(27)30-18/h6-11,13,25H,1-5H2,(H,23,26,27)/b18-8-. The second-order valence-electron chi connectivity index (χ2n) is 7.35. The van der Waals surface area contributed by atoms with Crippen molar-refractivity contribution in [3.8, 4) is 17.0 Å². The monoisotopic (exact) mass is 425 g/mol. The van der Waals surface area contributed by atoms with Crippen LogP contribution in [0.3, 0.4) is 0 Å². The first kappa shape index (κ1) is 20.1. The zero-order valence-corrected chi connectivity index (χ0v) is 16.8. The number of thioether (sulfide) groups is 1. The van der Waals surface area contributed by atoms with Crippen LogP contribution in [0.4, 0.5) is 10.5 Å². The second kappa shape index (κ2) is 8.27. The number of nitrogens with one attached hydrogen (secondary N) is 1. The summed E-state index contributed by atoms with van der Waals surface area (Å²) in [6, 6.07) is 6.55. The Morgan fingerprint density at radius 1 is 1.20 bits per heavy atom. The van der Waals surface area contributed by atoms with Crippen LogP contribution in [0.25, 0.3) is 17.3 Å². The van der Waals surface area contributed by atoms with Gasteiger partial charge >= 0.3 is 5.69 Å². The van der Waals surface area contributed by atoms with E-state index in [1.807, 2.05) is 0 Å². The number of imide groups is 1. The molecule has 2 amide bonds. The Balaban J connectivity index is 1.68. The molecule has 9 heteroatoms. The van der Waals surface area contributed by atoms with Crippen molar-refractivity contribution < 1.29 is 19.6 Å². The van der Waals surface area contributed by atoms with Gasteiger partial charge in [0.2, 0.25) is 0 Å². The van der Waals surface area contributed by atoms with E-state index in [-0.39, 0.29) is 22.3 Å². The highest BCUT2D eigenvalue weighted by atomic mass is 32.2. The number of amides is 2. The number of hydrogen-bond acceptors (Lipinski definition) is 7. The predicted molar refractivity (Wildman–Crippen MR) is 113 cm³/mol. The van der Waals surface area contributed by atoms with Crippen molar-refractivity contribution in [2.45, 2.75) is 38.0 Å². The SMILES string of the molecule is O=C1NC(=O)/C(=C/c2ccc(-c3cc(C4CCCCC4)c(O)c([N+](=O)[O-])c3)nc2)S1. The van der Waals surface area contributed by atoms with Gasteiger partial charge in [0, 0.05) is 23.4 Å². The summed E-state index contributed by atoms with van der Waals surface area (Å²) in [5.41, 5.74) is 1.99. The summed E-state index contributed by atoms with van der Waals surface area (Å²) in [6.45, 7) is 0. The minimum atomic E-state index is -0.573. The lowest BCUT2D eigenvalue weighted by molar-refractivity contribution is -0.385. The Bertz CT molecular complexity index is 1060. The number of phenolic OH excluding ortho intramolecular Hbond substituents is 1. The number of carbonyl (C=O) groups excluding carboxylic acids is 2. The van der Waals surface area contributed by atoms with Crippen molar-refractivity contribution in [2.75, 3.05) is 0 Å². The van der Waals surface area contributed by atoms with E-state index < -0.39 is 16.1 Å². The average Bonchev–Trinajstić information content (AvgIpc) is 3.06. The van der Waals surface area contributed by atoms with Crippen LogP contribution in [0.1, 0.15) is 49.1 Å². The van der Waals surface area contributed by atoms with Gasteiger partial charge in [-0.3, -0.25) is 30.0 Å². The van der Waals surface area contributed by atoms with Gasteiger partial charge in [0.05, 0.1) is 15.5 Å². The molecule has 2 heterocycles. The molecule has 4 rings (SSSR count). The molecule has 30 heavy (non-hydrogen) atoms. The van der Waals surface area contributed by atoms with Crippen molar-refractivity contribution >= 4 is 34.7 Å². The van der Waals surface area contributed by atoms with Crippen LogP contribution in [-0.4, -0.2) is 26.2 Å². The summed E-state index contributed by atoms with van der Waals surface area (Å²) >= 11 is 0.825. The van der Waals surface area contributed by atoms with Gasteiger partial charge in [-0.15, -0.1) is 0 Å². The van der Waals surface area contributed by atoms with Crippen molar-refractivity contribution in [2.24, 2.45) is 0 Å². The van der Waals surface area contributed by atoms with Crippen LogP contribution in [-0.2, 0) is 4.79 Å². The fourth-order valence-corrected chi connectivity index (χ4v) is 4.57. The Morgan fingerprint density at radius 3 is 2.57 bits per heavy atom. The lowest BCUT2D eigenvalue weighted by Gasteiger charge is -2.23. The minimum Gasteiger partial charge on any atom is -0.502 e. The largest absolute Gasteiger partial charge is 0.502 e. The van der Waals surface area contributed by atoms with E-state index in [0.29, 0.717) is 22.4 Å². The van der Waals surface area contributed by atoms with Crippen molar-refractivity contribution in [3.63, 3.8) is 0 Å². The van der Waals surface area contributed by atoms with Crippen LogP contribution in [0.15, 0.2) is 35.4 Å². The molecule has 2 fully saturated rings. The van der Waals surface area contributed by atoms with Crippen LogP contribution in [0, 0.1) is 10.1 Å². The van der Waals surface area contributed by atoms with Gasteiger partial charge in [-0.05, 0) is 54.3 Å². The molecule has 154 valence electrons. The zero-order chi connectivity index (χ0) is 21.3. The number of nitro benzene ring substituents is 1. The van der Waals surface area contributed by atoms with Crippen molar-refractivity contribution in [3.05, 3.63) is 56.6 Å². The average molecular weight is 425 g/mol. The molecule has 1 aliphatic heterocycles. The summed E-state index contributed by atoms with van der Waals surface area (Å²) in [5, 5.41) is 23.8. The Morgan fingerprint density at radius 2 is 1.97 bits per heavy atom. The molecule has 2 aliphatic rings. The molecule has 8 nitrogen and oxygen atoms in total. The highest BCUT2D eigenvalue weighted by Crippen LogP contribution is 2.43. The normalized spacial score (nSPS) is 18.6. The predicted octanol–water partition coefficient (Wildman–Crippen LogP) is 4.73. The number of hydrogen-bond donors (Lipinski definition) is 2. The van der Waals surface area contributed by atoms with Gasteiger partial charge in [0.15, 0.2) is 5.75 Å². The van der Waals surface area contributed by atoms with Crippen LogP contribution >= 0.6 is 11.8 Å². The summed E-state index contributed by atoms with van der Waals surface area (Å²) < 4.78 is 0. The maximum Gasteiger partial charge on any atom is 0.311 e. The molecule has 2 N–H and O–H groups in total. The van der Waals surface area contributed by atoms with Crippen molar-refractivity contribution in [1.82, 2.24) is 10.3 Å². The first-order chi connectivity index (χ1) is 14.4. The first-order valence-corrected chi connectivity index (χ1v) is 10.5. The van der Waals surface area contributed by atoms with Gasteiger partial charge < -0.3 is 5.11 Å². The molecule has 0 spiro atoms. The second-order valence-corrected chi connectivity index (χ2v) is 8.37. The number of carbonyl (C=O) groups is 2. The molecule has 0 bridgehead atoms. The van der Waals surface area contributed by atoms with Gasteiger partial charge in [-0.1, -0.05) is 25.3 Å². The van der Waals surface area contributed by atoms with E-state index in [9.17, 15) is 24.8 Å². The van der Waals surface area contributed by atoms with Gasteiger partial charge in [0.1, 0.15) is 0 Å². The number of aromatic hydroxyl groups is 1. The van der Waals surface area contributed by atoms with E-state index in [2.05, 4.69) is 10.3 Å². The van der Waals surface area contributed by atoms with Crippen molar-refractivity contribution in [1.29, 1.82) is 0 Å². The number of nitrogens with zero attached hydrogens (tertiary/aromatic N) is 2. The summed E-state index contributed by atoms with van der Waals surface area (Å²) in [6.07, 6.45) is 8.11. The zero-order valence-electron chi connectivity index (χ0n) is 16.0.